The molecule has 1 saturated carbocycles. The van der Waals surface area contributed by atoms with Gasteiger partial charge in [-0.2, -0.15) is 0 Å². The lowest BCUT2D eigenvalue weighted by molar-refractivity contribution is -0.274. The molecule has 0 aromatic heterocycles. The van der Waals surface area contributed by atoms with Crippen molar-refractivity contribution < 1.29 is 37.3 Å². The number of rotatable bonds is 4. The first-order valence-electron chi connectivity index (χ1n) is 9.25. The Morgan fingerprint density at radius 1 is 1.07 bits per heavy atom. The normalized spacial score (nSPS) is 23.5. The average Bonchev–Trinajstić information content (AvgIpc) is 3.14. The Hall–Kier alpha value is -2.45. The minimum Gasteiger partial charge on any atom is -0.450 e. The number of nitrogens with zero attached hydrogens (tertiary/aromatic N) is 1. The Kier molecular flexibility index (Phi) is 6.00. The number of piperidine rings is 1. The van der Waals surface area contributed by atoms with Gasteiger partial charge in [-0.15, -0.1) is 13.2 Å². The summed E-state index contributed by atoms with van der Waals surface area (Å²) < 4.78 is 45.8. The third kappa shape index (κ3) is 5.30. The molecule has 2 fully saturated rings. The van der Waals surface area contributed by atoms with Gasteiger partial charge in [0.1, 0.15) is 11.9 Å². The van der Waals surface area contributed by atoms with Crippen LogP contribution in [0.3, 0.4) is 0 Å². The van der Waals surface area contributed by atoms with Crippen molar-refractivity contribution in [1.82, 2.24) is 4.90 Å². The first kappa shape index (κ1) is 20.3. The molecule has 1 saturated heterocycles. The Balaban J connectivity index is 1.74. The van der Waals surface area contributed by atoms with Gasteiger partial charge in [-0.25, -0.2) is 4.79 Å². The number of alkyl halides is 3. The lowest BCUT2D eigenvalue weighted by Crippen LogP contribution is -2.48. The molecule has 1 aromatic carbocycles. The Labute approximate surface area is 160 Å². The van der Waals surface area contributed by atoms with Crippen LogP contribution in [-0.4, -0.2) is 47.6 Å². The highest BCUT2D eigenvalue weighted by molar-refractivity contribution is 5.79. The summed E-state index contributed by atoms with van der Waals surface area (Å²) in [6, 6.07) is 5.45. The second-order valence-electron chi connectivity index (χ2n) is 7.28. The zero-order chi connectivity index (χ0) is 20.3. The van der Waals surface area contributed by atoms with Crippen LogP contribution in [0.25, 0.3) is 0 Å². The number of benzene rings is 1. The van der Waals surface area contributed by atoms with E-state index in [9.17, 15) is 22.8 Å². The molecule has 1 amide bonds. The van der Waals surface area contributed by atoms with Gasteiger partial charge < -0.3 is 19.5 Å². The largest absolute Gasteiger partial charge is 0.573 e. The molecule has 2 unspecified atom stereocenters. The highest BCUT2D eigenvalue weighted by Gasteiger charge is 2.36. The molecule has 1 aliphatic heterocycles. The molecule has 1 heterocycles. The zero-order valence-corrected chi connectivity index (χ0v) is 15.2. The summed E-state index contributed by atoms with van der Waals surface area (Å²) >= 11 is 0. The number of likely N-dealkylation sites (tertiary alicyclic amines) is 1. The minimum absolute atomic E-state index is 0.00165. The summed E-state index contributed by atoms with van der Waals surface area (Å²) in [4.78, 5) is 25.4. The molecule has 154 valence electrons. The maximum atomic E-state index is 12.8. The van der Waals surface area contributed by atoms with Gasteiger partial charge >= 0.3 is 12.5 Å². The second-order valence-corrected chi connectivity index (χ2v) is 7.28. The molecular weight excluding hydrogens is 379 g/mol. The minimum atomic E-state index is -4.77. The van der Waals surface area contributed by atoms with Crippen molar-refractivity contribution in [3.8, 4) is 5.75 Å². The summed E-state index contributed by atoms with van der Waals surface area (Å²) in [6.45, 7) is 0.585. The van der Waals surface area contributed by atoms with E-state index in [1.807, 2.05) is 0 Å². The van der Waals surface area contributed by atoms with Crippen LogP contribution in [0.4, 0.5) is 18.0 Å². The Morgan fingerprint density at radius 3 is 2.29 bits per heavy atom. The van der Waals surface area contributed by atoms with Crippen LogP contribution in [0, 0.1) is 5.92 Å². The Morgan fingerprint density at radius 2 is 1.71 bits per heavy atom. The van der Waals surface area contributed by atoms with Crippen LogP contribution in [0.15, 0.2) is 24.3 Å². The number of carbonyl (C=O) groups excluding carboxylic acids is 1. The number of carbonyl (C=O) groups is 2. The molecule has 1 N–H and O–H groups in total. The highest BCUT2D eigenvalue weighted by atomic mass is 19.4. The Bertz CT molecular complexity index is 701. The van der Waals surface area contributed by atoms with Gasteiger partial charge in [0.05, 0.1) is 6.54 Å². The van der Waals surface area contributed by atoms with Gasteiger partial charge in [0, 0.05) is 18.4 Å². The third-order valence-electron chi connectivity index (χ3n) is 5.28. The van der Waals surface area contributed by atoms with E-state index < -0.39 is 18.6 Å². The fraction of sp³-hybridized carbons (Fsp3) is 0.579. The van der Waals surface area contributed by atoms with Gasteiger partial charge in [-0.05, 0) is 37.0 Å². The molecule has 0 radical (unpaired) electrons. The molecule has 0 spiro atoms. The van der Waals surface area contributed by atoms with Crippen LogP contribution in [-0.2, 0) is 9.53 Å². The van der Waals surface area contributed by atoms with Crippen LogP contribution in [0.2, 0.25) is 0 Å². The van der Waals surface area contributed by atoms with E-state index in [0.29, 0.717) is 18.5 Å². The van der Waals surface area contributed by atoms with E-state index in [0.717, 1.165) is 25.7 Å². The van der Waals surface area contributed by atoms with Crippen molar-refractivity contribution in [2.45, 2.75) is 50.5 Å². The molecule has 0 bridgehead atoms. The molecule has 2 aliphatic rings. The standard InChI is InChI=1S/C19H22F3NO5/c20-19(21,22)28-15-7-5-12(6-8-15)14-9-16(27-18(25)26)11-23(10-14)17(24)13-3-1-2-4-13/h5-8,13-14,16H,1-4,9-11H2,(H,25,26). The van der Waals surface area contributed by atoms with Crippen molar-refractivity contribution in [3.63, 3.8) is 0 Å². The van der Waals surface area contributed by atoms with E-state index in [-0.39, 0.29) is 30.0 Å². The lowest BCUT2D eigenvalue weighted by Gasteiger charge is -2.38. The maximum absolute atomic E-state index is 12.8. The van der Waals surface area contributed by atoms with Gasteiger partial charge in [0.15, 0.2) is 0 Å². The molecule has 28 heavy (non-hydrogen) atoms. The fourth-order valence-electron chi connectivity index (χ4n) is 4.07. The average molecular weight is 401 g/mol. The SMILES string of the molecule is O=C(O)OC1CC(c2ccc(OC(F)(F)F)cc2)CN(C(=O)C2CCCC2)C1. The van der Waals surface area contributed by atoms with Gasteiger partial charge in [-0.3, -0.25) is 4.79 Å². The van der Waals surface area contributed by atoms with Crippen LogP contribution in [0.1, 0.15) is 43.6 Å². The number of carboxylic acid groups (broad SMARTS) is 1. The number of ether oxygens (including phenoxy) is 2. The number of hydrogen-bond acceptors (Lipinski definition) is 4. The first-order chi connectivity index (χ1) is 13.2. The first-order valence-corrected chi connectivity index (χ1v) is 9.25. The topological polar surface area (TPSA) is 76.1 Å². The maximum Gasteiger partial charge on any atom is 0.573 e. The molecule has 1 aromatic rings. The predicted molar refractivity (Wildman–Crippen MR) is 91.9 cm³/mol. The monoisotopic (exact) mass is 401 g/mol. The molecule has 6 nitrogen and oxygen atoms in total. The van der Waals surface area contributed by atoms with Gasteiger partial charge in [0.2, 0.25) is 5.91 Å². The van der Waals surface area contributed by atoms with Crippen LogP contribution >= 0.6 is 0 Å². The van der Waals surface area contributed by atoms with E-state index >= 15 is 0 Å². The number of hydrogen-bond donors (Lipinski definition) is 1. The summed E-state index contributed by atoms with van der Waals surface area (Å²) in [5.74, 6) is -0.613. The second kappa shape index (κ2) is 8.28. The zero-order valence-electron chi connectivity index (χ0n) is 15.2. The van der Waals surface area contributed by atoms with Crippen LogP contribution in [0.5, 0.6) is 5.75 Å². The summed E-state index contributed by atoms with van der Waals surface area (Å²) in [6.07, 6.45) is -2.83. The quantitative estimate of drug-likeness (QED) is 0.767. The summed E-state index contributed by atoms with van der Waals surface area (Å²) in [7, 11) is 0. The highest BCUT2D eigenvalue weighted by Crippen LogP contribution is 2.33. The van der Waals surface area contributed by atoms with E-state index in [2.05, 4.69) is 4.74 Å². The van der Waals surface area contributed by atoms with E-state index in [4.69, 9.17) is 9.84 Å². The van der Waals surface area contributed by atoms with E-state index in [1.165, 1.54) is 24.3 Å². The van der Waals surface area contributed by atoms with Crippen LogP contribution < -0.4 is 4.74 Å². The van der Waals surface area contributed by atoms with Gasteiger partial charge in [0.25, 0.3) is 0 Å². The molecule has 3 rings (SSSR count). The summed E-state index contributed by atoms with van der Waals surface area (Å²) in [5.41, 5.74) is 0.706. The van der Waals surface area contributed by atoms with Crippen molar-refractivity contribution in [2.24, 2.45) is 5.92 Å². The van der Waals surface area contributed by atoms with Crippen molar-refractivity contribution in [2.75, 3.05) is 13.1 Å². The molecule has 2 atom stereocenters. The number of amides is 1. The molecule has 1 aliphatic carbocycles. The lowest BCUT2D eigenvalue weighted by atomic mass is 9.88. The molecule has 9 heteroatoms. The smallest absolute Gasteiger partial charge is 0.450 e. The number of halogens is 3. The van der Waals surface area contributed by atoms with Crippen molar-refractivity contribution in [3.05, 3.63) is 29.8 Å². The third-order valence-corrected chi connectivity index (χ3v) is 5.28. The van der Waals surface area contributed by atoms with Crippen molar-refractivity contribution >= 4 is 12.1 Å². The van der Waals surface area contributed by atoms with Gasteiger partial charge in [-0.1, -0.05) is 25.0 Å². The predicted octanol–water partition coefficient (Wildman–Crippen LogP) is 4.15. The van der Waals surface area contributed by atoms with E-state index in [1.54, 1.807) is 4.90 Å². The molecular formula is C19H22F3NO5. The summed E-state index contributed by atoms with van der Waals surface area (Å²) in [5, 5.41) is 8.95. The van der Waals surface area contributed by atoms with Crippen molar-refractivity contribution in [1.29, 1.82) is 0 Å². The fourth-order valence-corrected chi connectivity index (χ4v) is 4.07.